The van der Waals surface area contributed by atoms with Crippen LogP contribution in [-0.4, -0.2) is 47.7 Å². The number of para-hydroxylation sites is 1. The van der Waals surface area contributed by atoms with E-state index in [4.69, 9.17) is 4.99 Å². The highest BCUT2D eigenvalue weighted by molar-refractivity contribution is 7.99. The number of hydrogen-bond donors (Lipinski definition) is 0. The Morgan fingerprint density at radius 2 is 1.29 bits per heavy atom. The van der Waals surface area contributed by atoms with Crippen LogP contribution < -0.4 is 0 Å². The number of piperazine rings is 1. The van der Waals surface area contributed by atoms with Gasteiger partial charge in [-0.15, -0.1) is 0 Å². The first-order valence-electron chi connectivity index (χ1n) is 10.4. The van der Waals surface area contributed by atoms with Gasteiger partial charge in [0.1, 0.15) is 11.4 Å². The predicted molar refractivity (Wildman–Crippen MR) is 117 cm³/mol. The van der Waals surface area contributed by atoms with Crippen LogP contribution in [0.4, 0.5) is 27.6 Å². The average Bonchev–Trinajstić information content (AvgIpc) is 3.03. The summed E-state index contributed by atoms with van der Waals surface area (Å²) in [5, 5.41) is 0. The second-order valence-electron chi connectivity index (χ2n) is 7.73. The molecule has 0 aliphatic carbocycles. The molecule has 0 aromatic heterocycles. The van der Waals surface area contributed by atoms with Gasteiger partial charge in [0, 0.05) is 41.5 Å². The monoisotopic (exact) mass is 489 g/mol. The highest BCUT2D eigenvalue weighted by Gasteiger charge is 2.34. The van der Waals surface area contributed by atoms with Crippen LogP contribution in [0.25, 0.3) is 0 Å². The number of fused-ring (bicyclic) bond motifs is 2. The molecular formula is C24H16F5N3OS. The van der Waals surface area contributed by atoms with E-state index in [0.29, 0.717) is 5.84 Å². The topological polar surface area (TPSA) is 35.9 Å². The second-order valence-corrected chi connectivity index (χ2v) is 8.81. The van der Waals surface area contributed by atoms with E-state index in [1.807, 2.05) is 53.4 Å². The number of hydrogen-bond acceptors (Lipinski definition) is 4. The van der Waals surface area contributed by atoms with Crippen molar-refractivity contribution in [2.75, 3.05) is 26.2 Å². The van der Waals surface area contributed by atoms with Gasteiger partial charge in [-0.05, 0) is 18.2 Å². The average molecular weight is 489 g/mol. The van der Waals surface area contributed by atoms with E-state index in [1.165, 1.54) is 0 Å². The molecule has 3 aromatic carbocycles. The molecule has 2 aliphatic heterocycles. The van der Waals surface area contributed by atoms with E-state index in [9.17, 15) is 26.7 Å². The second kappa shape index (κ2) is 8.75. The SMILES string of the molecule is O=C(c1c(F)c(F)c(F)c(F)c1F)N1CCN(C2=Nc3ccccc3Sc3ccccc32)CC1. The molecule has 0 saturated carbocycles. The van der Waals surface area contributed by atoms with Crippen LogP contribution in [0.2, 0.25) is 0 Å². The minimum absolute atomic E-state index is 0.0221. The molecular weight excluding hydrogens is 473 g/mol. The Kier molecular flexibility index (Phi) is 5.76. The first-order valence-corrected chi connectivity index (χ1v) is 11.2. The number of benzene rings is 3. The zero-order valence-electron chi connectivity index (χ0n) is 17.5. The summed E-state index contributed by atoms with van der Waals surface area (Å²) in [7, 11) is 0. The van der Waals surface area contributed by atoms with E-state index >= 15 is 0 Å². The third-order valence-electron chi connectivity index (χ3n) is 5.73. The fraction of sp³-hybridized carbons (Fsp3) is 0.167. The molecule has 5 rings (SSSR count). The summed E-state index contributed by atoms with van der Waals surface area (Å²) in [6.07, 6.45) is 0. The van der Waals surface area contributed by atoms with Crippen LogP contribution >= 0.6 is 11.8 Å². The lowest BCUT2D eigenvalue weighted by Crippen LogP contribution is -2.51. The van der Waals surface area contributed by atoms with Crippen molar-refractivity contribution in [3.63, 3.8) is 0 Å². The van der Waals surface area contributed by atoms with Gasteiger partial charge >= 0.3 is 0 Å². The van der Waals surface area contributed by atoms with E-state index in [1.54, 1.807) is 11.8 Å². The van der Waals surface area contributed by atoms with Gasteiger partial charge in [-0.2, -0.15) is 0 Å². The normalized spacial score (nSPS) is 15.4. The smallest absolute Gasteiger partial charge is 0.260 e. The van der Waals surface area contributed by atoms with Gasteiger partial charge < -0.3 is 9.80 Å². The number of amidine groups is 1. The minimum atomic E-state index is -2.29. The van der Waals surface area contributed by atoms with Crippen LogP contribution in [0.15, 0.2) is 63.3 Å². The van der Waals surface area contributed by atoms with Crippen molar-refractivity contribution in [3.05, 3.63) is 88.7 Å². The molecule has 1 fully saturated rings. The predicted octanol–water partition coefficient (Wildman–Crippen LogP) is 5.38. The third kappa shape index (κ3) is 3.71. The van der Waals surface area contributed by atoms with Crippen molar-refractivity contribution in [3.8, 4) is 0 Å². The van der Waals surface area contributed by atoms with Crippen LogP contribution in [-0.2, 0) is 0 Å². The largest absolute Gasteiger partial charge is 0.353 e. The molecule has 0 radical (unpaired) electrons. The van der Waals surface area contributed by atoms with Crippen molar-refractivity contribution >= 4 is 29.2 Å². The third-order valence-corrected chi connectivity index (χ3v) is 6.87. The number of carbonyl (C=O) groups excluding carboxylic acids is 1. The number of aliphatic imine (C=N–C) groups is 1. The summed E-state index contributed by atoms with van der Waals surface area (Å²) in [6.45, 7) is 0.574. The van der Waals surface area contributed by atoms with Crippen molar-refractivity contribution in [1.82, 2.24) is 9.80 Å². The van der Waals surface area contributed by atoms with E-state index in [-0.39, 0.29) is 26.2 Å². The fourth-order valence-corrected chi connectivity index (χ4v) is 5.00. The van der Waals surface area contributed by atoms with Crippen molar-refractivity contribution in [2.24, 2.45) is 4.99 Å². The summed E-state index contributed by atoms with van der Waals surface area (Å²) in [5.74, 6) is -11.4. The van der Waals surface area contributed by atoms with E-state index < -0.39 is 40.6 Å². The van der Waals surface area contributed by atoms with Gasteiger partial charge in [0.05, 0.1) is 5.69 Å². The molecule has 1 saturated heterocycles. The van der Waals surface area contributed by atoms with E-state index in [2.05, 4.69) is 0 Å². The molecule has 2 aliphatic rings. The fourth-order valence-electron chi connectivity index (χ4n) is 3.98. The van der Waals surface area contributed by atoms with E-state index in [0.717, 1.165) is 25.9 Å². The number of carbonyl (C=O) groups is 1. The quantitative estimate of drug-likeness (QED) is 0.262. The lowest BCUT2D eigenvalue weighted by molar-refractivity contribution is 0.0679. The standard InChI is InChI=1S/C24H16F5N3OS/c25-18-17(19(26)21(28)22(29)20(18)27)24(33)32-11-9-31(10-12-32)23-13-5-1-3-7-15(13)34-16-8-4-2-6-14(16)30-23/h1-8H,9-12H2. The maximum atomic E-state index is 14.1. The molecule has 0 N–H and O–H groups in total. The summed E-state index contributed by atoms with van der Waals surface area (Å²) in [5.41, 5.74) is 0.259. The highest BCUT2D eigenvalue weighted by atomic mass is 32.2. The van der Waals surface area contributed by atoms with Gasteiger partial charge in [0.2, 0.25) is 5.82 Å². The van der Waals surface area contributed by atoms with Crippen molar-refractivity contribution < 1.29 is 26.7 Å². The Hall–Kier alpha value is -3.40. The number of amides is 1. The molecule has 4 nitrogen and oxygen atoms in total. The maximum Gasteiger partial charge on any atom is 0.260 e. The first-order chi connectivity index (χ1) is 16.4. The molecule has 0 bridgehead atoms. The molecule has 10 heteroatoms. The van der Waals surface area contributed by atoms with Gasteiger partial charge in [0.15, 0.2) is 23.3 Å². The Morgan fingerprint density at radius 1 is 0.735 bits per heavy atom. The van der Waals surface area contributed by atoms with Crippen molar-refractivity contribution in [1.29, 1.82) is 0 Å². The Balaban J connectivity index is 1.42. The lowest BCUT2D eigenvalue weighted by Gasteiger charge is -2.36. The molecule has 3 aromatic rings. The van der Waals surface area contributed by atoms with Crippen LogP contribution in [0, 0.1) is 29.1 Å². The molecule has 1 amide bonds. The molecule has 0 atom stereocenters. The molecule has 0 unspecified atom stereocenters. The Labute approximate surface area is 195 Å². The summed E-state index contributed by atoms with van der Waals surface area (Å²) >= 11 is 1.59. The zero-order chi connectivity index (χ0) is 24.0. The van der Waals surface area contributed by atoms with Gasteiger partial charge in [-0.3, -0.25) is 4.79 Å². The first kappa shape index (κ1) is 22.4. The summed E-state index contributed by atoms with van der Waals surface area (Å²) in [4.78, 5) is 22.6. The van der Waals surface area contributed by atoms with Crippen LogP contribution in [0.5, 0.6) is 0 Å². The van der Waals surface area contributed by atoms with Crippen LogP contribution in [0.3, 0.4) is 0 Å². The number of rotatable bonds is 1. The van der Waals surface area contributed by atoms with Gasteiger partial charge in [0.25, 0.3) is 5.91 Å². The van der Waals surface area contributed by atoms with Crippen molar-refractivity contribution in [2.45, 2.75) is 9.79 Å². The molecule has 0 spiro atoms. The van der Waals surface area contributed by atoms with Gasteiger partial charge in [-0.1, -0.05) is 42.1 Å². The molecule has 34 heavy (non-hydrogen) atoms. The number of halogens is 5. The maximum absolute atomic E-state index is 14.1. The Bertz CT molecular complexity index is 1310. The number of nitrogens with zero attached hydrogens (tertiary/aromatic N) is 3. The minimum Gasteiger partial charge on any atom is -0.353 e. The van der Waals surface area contributed by atoms with Crippen LogP contribution in [0.1, 0.15) is 15.9 Å². The zero-order valence-corrected chi connectivity index (χ0v) is 18.3. The summed E-state index contributed by atoms with van der Waals surface area (Å²) < 4.78 is 68.8. The molecule has 2 heterocycles. The Morgan fingerprint density at radius 3 is 1.97 bits per heavy atom. The van der Waals surface area contributed by atoms with Gasteiger partial charge in [-0.25, -0.2) is 26.9 Å². The highest BCUT2D eigenvalue weighted by Crippen LogP contribution is 2.40. The summed E-state index contributed by atoms with van der Waals surface area (Å²) in [6, 6.07) is 15.4. The molecule has 174 valence electrons. The lowest BCUT2D eigenvalue weighted by atomic mass is 10.1.